The fraction of sp³-hybridized carbons (Fsp3) is 0.286. The van der Waals surface area contributed by atoms with Gasteiger partial charge in [0.05, 0.1) is 23.9 Å². The summed E-state index contributed by atoms with van der Waals surface area (Å²) < 4.78 is 46.9. The Morgan fingerprint density at radius 2 is 1.68 bits per heavy atom. The molecule has 0 unspecified atom stereocenters. The smallest absolute Gasteiger partial charge is 0.416 e. The van der Waals surface area contributed by atoms with Crippen LogP contribution >= 0.6 is 0 Å². The Hall–Kier alpha value is -4.05. The molecule has 3 heterocycles. The number of piperazine rings is 1. The zero-order valence-electron chi connectivity index (χ0n) is 21.0. The third kappa shape index (κ3) is 5.45. The molecular formula is C28H26F3N5O2. The molecule has 2 aromatic carbocycles. The molecule has 1 fully saturated rings. The van der Waals surface area contributed by atoms with Gasteiger partial charge in [0.15, 0.2) is 0 Å². The summed E-state index contributed by atoms with van der Waals surface area (Å²) >= 11 is 0. The lowest BCUT2D eigenvalue weighted by Crippen LogP contribution is -2.47. The molecule has 1 aliphatic heterocycles. The van der Waals surface area contributed by atoms with E-state index in [1.807, 2.05) is 24.3 Å². The topological polar surface area (TPSA) is 71.5 Å². The summed E-state index contributed by atoms with van der Waals surface area (Å²) in [7, 11) is 1.54. The predicted octanol–water partition coefficient (Wildman–Crippen LogP) is 5.05. The number of halogens is 3. The van der Waals surface area contributed by atoms with Crippen molar-refractivity contribution >= 4 is 16.8 Å². The van der Waals surface area contributed by atoms with Crippen LogP contribution < -0.4 is 4.74 Å². The van der Waals surface area contributed by atoms with E-state index in [4.69, 9.17) is 4.74 Å². The first-order chi connectivity index (χ1) is 18.2. The number of methoxy groups -OCH3 is 1. The van der Waals surface area contributed by atoms with E-state index in [9.17, 15) is 18.0 Å². The molecule has 0 bridgehead atoms. The summed E-state index contributed by atoms with van der Waals surface area (Å²) in [6.45, 7) is 4.18. The average Bonchev–Trinajstić information content (AvgIpc) is 2.92. The summed E-state index contributed by atoms with van der Waals surface area (Å²) in [4.78, 5) is 28.4. The molecule has 7 nitrogen and oxygen atoms in total. The predicted molar refractivity (Wildman–Crippen MR) is 137 cm³/mol. The summed E-state index contributed by atoms with van der Waals surface area (Å²) in [5.74, 6) is 0.490. The standard InChI is InChI=1S/C28H26F3N5O2/c1-18(37)36-9-7-35(8-10-36)16-19-11-22(13-23(12-19)28(29,30)31)27-24-14-20(3-5-25(24)33-17-34-27)21-4-6-26(38-2)32-15-21/h3-6,11-15,17H,7-10,16H2,1-2H3. The molecule has 0 atom stereocenters. The second-order valence-corrected chi connectivity index (χ2v) is 9.24. The Labute approximate surface area is 217 Å². The number of nitrogens with zero attached hydrogens (tertiary/aromatic N) is 5. The van der Waals surface area contributed by atoms with Crippen molar-refractivity contribution in [3.05, 3.63) is 72.2 Å². The summed E-state index contributed by atoms with van der Waals surface area (Å²) in [6.07, 6.45) is -1.47. The zero-order chi connectivity index (χ0) is 26.9. The molecule has 0 radical (unpaired) electrons. The van der Waals surface area contributed by atoms with Crippen LogP contribution in [0.1, 0.15) is 18.1 Å². The highest BCUT2D eigenvalue weighted by Gasteiger charge is 2.32. The SMILES string of the molecule is COc1ccc(-c2ccc3ncnc(-c4cc(CN5CCN(C(C)=O)CC5)cc(C(F)(F)F)c4)c3c2)cn1. The van der Waals surface area contributed by atoms with Gasteiger partial charge in [-0.3, -0.25) is 9.69 Å². The van der Waals surface area contributed by atoms with Gasteiger partial charge >= 0.3 is 6.18 Å². The summed E-state index contributed by atoms with van der Waals surface area (Å²) in [6, 6.07) is 13.3. The molecule has 1 saturated heterocycles. The average molecular weight is 522 g/mol. The number of carbonyl (C=O) groups is 1. The minimum atomic E-state index is -4.51. The highest BCUT2D eigenvalue weighted by molar-refractivity contribution is 5.95. The molecule has 196 valence electrons. The molecule has 1 amide bonds. The molecule has 38 heavy (non-hydrogen) atoms. The van der Waals surface area contributed by atoms with Crippen LogP contribution in [0, 0.1) is 0 Å². The highest BCUT2D eigenvalue weighted by Crippen LogP contribution is 2.36. The van der Waals surface area contributed by atoms with Crippen molar-refractivity contribution in [1.82, 2.24) is 24.8 Å². The minimum Gasteiger partial charge on any atom is -0.481 e. The lowest BCUT2D eigenvalue weighted by atomic mass is 9.98. The monoisotopic (exact) mass is 521 g/mol. The van der Waals surface area contributed by atoms with Crippen molar-refractivity contribution in [3.8, 4) is 28.3 Å². The first-order valence-corrected chi connectivity index (χ1v) is 12.2. The number of amides is 1. The van der Waals surface area contributed by atoms with Gasteiger partial charge in [0.2, 0.25) is 11.8 Å². The van der Waals surface area contributed by atoms with Gasteiger partial charge in [-0.05, 0) is 47.5 Å². The third-order valence-corrected chi connectivity index (χ3v) is 6.73. The Morgan fingerprint density at radius 1 is 0.921 bits per heavy atom. The molecular weight excluding hydrogens is 495 g/mol. The molecule has 0 saturated carbocycles. The van der Waals surface area contributed by atoms with Crippen molar-refractivity contribution in [2.24, 2.45) is 0 Å². The fourth-order valence-corrected chi connectivity index (χ4v) is 4.70. The number of hydrogen-bond donors (Lipinski definition) is 0. The van der Waals surface area contributed by atoms with Crippen LogP contribution in [-0.4, -0.2) is 63.9 Å². The van der Waals surface area contributed by atoms with Gasteiger partial charge in [0.1, 0.15) is 6.33 Å². The first-order valence-electron chi connectivity index (χ1n) is 12.2. The summed E-state index contributed by atoms with van der Waals surface area (Å²) in [5.41, 5.74) is 2.89. The Bertz CT molecular complexity index is 1470. The van der Waals surface area contributed by atoms with E-state index < -0.39 is 11.7 Å². The Kier molecular flexibility index (Phi) is 6.98. The largest absolute Gasteiger partial charge is 0.481 e. The number of aromatic nitrogens is 3. The molecule has 5 rings (SSSR count). The third-order valence-electron chi connectivity index (χ3n) is 6.73. The van der Waals surface area contributed by atoms with E-state index in [-0.39, 0.29) is 5.91 Å². The Balaban J connectivity index is 1.53. The van der Waals surface area contributed by atoms with Crippen molar-refractivity contribution in [2.75, 3.05) is 33.3 Å². The van der Waals surface area contributed by atoms with Crippen molar-refractivity contribution in [2.45, 2.75) is 19.6 Å². The number of fused-ring (bicyclic) bond motifs is 1. The van der Waals surface area contributed by atoms with Crippen molar-refractivity contribution in [3.63, 3.8) is 0 Å². The van der Waals surface area contributed by atoms with E-state index in [2.05, 4.69) is 19.9 Å². The van der Waals surface area contributed by atoms with Gasteiger partial charge in [-0.1, -0.05) is 6.07 Å². The molecule has 0 aliphatic carbocycles. The van der Waals surface area contributed by atoms with Crippen LogP contribution in [-0.2, 0) is 17.5 Å². The van der Waals surface area contributed by atoms with Crippen molar-refractivity contribution < 1.29 is 22.7 Å². The second-order valence-electron chi connectivity index (χ2n) is 9.24. The molecule has 4 aromatic rings. The molecule has 2 aromatic heterocycles. The van der Waals surface area contributed by atoms with Gasteiger partial charge in [-0.15, -0.1) is 0 Å². The van der Waals surface area contributed by atoms with Crippen molar-refractivity contribution in [1.29, 1.82) is 0 Å². The number of alkyl halides is 3. The van der Waals surface area contributed by atoms with E-state index in [1.165, 1.54) is 26.4 Å². The number of hydrogen-bond acceptors (Lipinski definition) is 6. The van der Waals surface area contributed by atoms with Crippen LogP contribution in [0.5, 0.6) is 5.88 Å². The lowest BCUT2D eigenvalue weighted by molar-refractivity contribution is -0.137. The minimum absolute atomic E-state index is 0.00596. The van der Waals surface area contributed by atoms with E-state index in [0.29, 0.717) is 66.3 Å². The first kappa shape index (κ1) is 25.6. The van der Waals surface area contributed by atoms with Crippen LogP contribution in [0.25, 0.3) is 33.3 Å². The van der Waals surface area contributed by atoms with Crippen LogP contribution in [0.2, 0.25) is 0 Å². The normalized spacial score (nSPS) is 14.6. The van der Waals surface area contributed by atoms with Gasteiger partial charge in [0, 0.05) is 68.4 Å². The fourth-order valence-electron chi connectivity index (χ4n) is 4.70. The van der Waals surface area contributed by atoms with E-state index in [1.54, 1.807) is 23.2 Å². The number of pyridine rings is 1. The highest BCUT2D eigenvalue weighted by atomic mass is 19.4. The maximum atomic E-state index is 13.9. The maximum Gasteiger partial charge on any atom is 0.416 e. The summed E-state index contributed by atoms with van der Waals surface area (Å²) in [5, 5.41) is 0.640. The van der Waals surface area contributed by atoms with Gasteiger partial charge in [0.25, 0.3) is 0 Å². The molecule has 0 spiro atoms. The van der Waals surface area contributed by atoms with E-state index >= 15 is 0 Å². The lowest BCUT2D eigenvalue weighted by Gasteiger charge is -2.34. The van der Waals surface area contributed by atoms with Gasteiger partial charge in [-0.25, -0.2) is 15.0 Å². The van der Waals surface area contributed by atoms with E-state index in [0.717, 1.165) is 17.2 Å². The molecule has 1 aliphatic rings. The van der Waals surface area contributed by atoms with Gasteiger partial charge < -0.3 is 9.64 Å². The zero-order valence-corrected chi connectivity index (χ0v) is 21.0. The molecule has 10 heteroatoms. The van der Waals surface area contributed by atoms with Crippen LogP contribution in [0.4, 0.5) is 13.2 Å². The van der Waals surface area contributed by atoms with Crippen LogP contribution in [0.15, 0.2) is 61.1 Å². The van der Waals surface area contributed by atoms with Gasteiger partial charge in [-0.2, -0.15) is 13.2 Å². The van der Waals surface area contributed by atoms with Crippen LogP contribution in [0.3, 0.4) is 0 Å². The Morgan fingerprint density at radius 3 is 2.34 bits per heavy atom. The number of ether oxygens (including phenoxy) is 1. The number of carbonyl (C=O) groups excluding carboxylic acids is 1. The molecule has 0 N–H and O–H groups in total. The number of benzene rings is 2. The quantitative estimate of drug-likeness (QED) is 0.366. The second kappa shape index (κ2) is 10.4. The number of rotatable bonds is 5. The maximum absolute atomic E-state index is 13.9.